The van der Waals surface area contributed by atoms with Crippen LogP contribution in [0.2, 0.25) is 0 Å². The number of carbonyl (C=O) groups is 2. The van der Waals surface area contributed by atoms with Crippen LogP contribution in [0.1, 0.15) is 28.4 Å². The van der Waals surface area contributed by atoms with Crippen molar-refractivity contribution in [3.05, 3.63) is 35.4 Å². The summed E-state index contributed by atoms with van der Waals surface area (Å²) in [5, 5.41) is 11.6. The Kier molecular flexibility index (Phi) is 2.76. The predicted molar refractivity (Wildman–Crippen MR) is 55.2 cm³/mol. The monoisotopic (exact) mass is 221 g/mol. The summed E-state index contributed by atoms with van der Waals surface area (Å²) in [5.74, 6) is -0.989. The van der Waals surface area contributed by atoms with Crippen LogP contribution >= 0.6 is 0 Å². The average molecular weight is 221 g/mol. The first kappa shape index (κ1) is 10.5. The maximum Gasteiger partial charge on any atom is 0.407 e. The second-order valence-corrected chi connectivity index (χ2v) is 3.51. The molecule has 1 heterocycles. The summed E-state index contributed by atoms with van der Waals surface area (Å²) in [6, 6.07) is 6.37. The zero-order valence-electron chi connectivity index (χ0n) is 8.47. The second-order valence-electron chi connectivity index (χ2n) is 3.51. The van der Waals surface area contributed by atoms with Gasteiger partial charge in [0, 0.05) is 6.42 Å². The maximum atomic E-state index is 11.0. The lowest BCUT2D eigenvalue weighted by Gasteiger charge is -2.24. The van der Waals surface area contributed by atoms with Crippen LogP contribution in [0.3, 0.4) is 0 Å². The molecule has 2 rings (SSSR count). The number of carbonyl (C=O) groups excluding carboxylic acids is 1. The standard InChI is InChI=1S/C11H11NO4/c13-10(14)8-4-2-1-3-7(8)9-5-6-16-11(15)12-9/h1-4,9H,5-6H2,(H,12,15)(H,13,14). The molecule has 0 aliphatic carbocycles. The molecule has 1 aliphatic rings. The Balaban J connectivity index is 2.32. The lowest BCUT2D eigenvalue weighted by atomic mass is 9.98. The van der Waals surface area contributed by atoms with Gasteiger partial charge in [-0.1, -0.05) is 18.2 Å². The molecule has 84 valence electrons. The van der Waals surface area contributed by atoms with Gasteiger partial charge in [0.15, 0.2) is 0 Å². The zero-order valence-corrected chi connectivity index (χ0v) is 8.47. The summed E-state index contributed by atoms with van der Waals surface area (Å²) < 4.78 is 4.73. The Labute approximate surface area is 92.0 Å². The highest BCUT2D eigenvalue weighted by molar-refractivity contribution is 5.89. The van der Waals surface area contributed by atoms with Gasteiger partial charge in [-0.3, -0.25) is 0 Å². The molecular formula is C11H11NO4. The van der Waals surface area contributed by atoms with Gasteiger partial charge in [0.1, 0.15) is 0 Å². The second kappa shape index (κ2) is 4.22. The smallest absolute Gasteiger partial charge is 0.407 e. The fourth-order valence-electron chi connectivity index (χ4n) is 1.75. The Hall–Kier alpha value is -2.04. The van der Waals surface area contributed by atoms with E-state index in [4.69, 9.17) is 9.84 Å². The van der Waals surface area contributed by atoms with Crippen LogP contribution in [0.5, 0.6) is 0 Å². The van der Waals surface area contributed by atoms with Crippen molar-refractivity contribution in [3.8, 4) is 0 Å². The van der Waals surface area contributed by atoms with Crippen LogP contribution in [-0.2, 0) is 4.74 Å². The van der Waals surface area contributed by atoms with E-state index in [1.54, 1.807) is 18.2 Å². The van der Waals surface area contributed by atoms with E-state index in [0.717, 1.165) is 0 Å². The van der Waals surface area contributed by atoms with Gasteiger partial charge in [-0.05, 0) is 11.6 Å². The highest BCUT2D eigenvalue weighted by Crippen LogP contribution is 2.23. The highest BCUT2D eigenvalue weighted by atomic mass is 16.5. The van der Waals surface area contributed by atoms with Crippen LogP contribution in [0, 0.1) is 0 Å². The molecule has 1 atom stereocenters. The van der Waals surface area contributed by atoms with Crippen LogP contribution in [0.15, 0.2) is 24.3 Å². The van der Waals surface area contributed by atoms with Crippen molar-refractivity contribution in [1.29, 1.82) is 0 Å². The highest BCUT2D eigenvalue weighted by Gasteiger charge is 2.24. The minimum atomic E-state index is -0.989. The molecule has 1 amide bonds. The summed E-state index contributed by atoms with van der Waals surface area (Å²) in [7, 11) is 0. The van der Waals surface area contributed by atoms with E-state index in [1.807, 2.05) is 0 Å². The van der Waals surface area contributed by atoms with Crippen molar-refractivity contribution in [2.45, 2.75) is 12.5 Å². The van der Waals surface area contributed by atoms with Gasteiger partial charge >= 0.3 is 12.1 Å². The molecule has 1 unspecified atom stereocenters. The first-order valence-corrected chi connectivity index (χ1v) is 4.94. The van der Waals surface area contributed by atoms with Crippen molar-refractivity contribution in [2.75, 3.05) is 6.61 Å². The number of cyclic esters (lactones) is 1. The molecule has 1 aromatic rings. The van der Waals surface area contributed by atoms with E-state index >= 15 is 0 Å². The number of rotatable bonds is 2. The van der Waals surface area contributed by atoms with Gasteiger partial charge in [0.05, 0.1) is 18.2 Å². The predicted octanol–water partition coefficient (Wildman–Crippen LogP) is 1.56. The molecule has 0 saturated carbocycles. The summed E-state index contributed by atoms with van der Waals surface area (Å²) in [6.45, 7) is 0.310. The minimum absolute atomic E-state index is 0.217. The lowest BCUT2D eigenvalue weighted by Crippen LogP contribution is -2.36. The summed E-state index contributed by atoms with van der Waals surface area (Å²) in [4.78, 5) is 22.0. The normalized spacial score (nSPS) is 19.8. The number of ether oxygens (including phenoxy) is 1. The number of amides is 1. The first-order valence-electron chi connectivity index (χ1n) is 4.94. The summed E-state index contributed by atoms with van der Waals surface area (Å²) in [6.07, 6.45) is 0.0761. The fraction of sp³-hybridized carbons (Fsp3) is 0.273. The van der Waals surface area contributed by atoms with E-state index in [1.165, 1.54) is 6.07 Å². The summed E-state index contributed by atoms with van der Waals surface area (Å²) >= 11 is 0. The van der Waals surface area contributed by atoms with Gasteiger partial charge in [0.25, 0.3) is 0 Å². The molecule has 0 aromatic heterocycles. The third-order valence-corrected chi connectivity index (χ3v) is 2.50. The van der Waals surface area contributed by atoms with Crippen LogP contribution < -0.4 is 5.32 Å². The molecule has 2 N–H and O–H groups in total. The number of benzene rings is 1. The first-order chi connectivity index (χ1) is 7.68. The maximum absolute atomic E-state index is 11.0. The molecule has 0 bridgehead atoms. The number of aromatic carboxylic acids is 1. The van der Waals surface area contributed by atoms with Gasteiger partial charge in [-0.15, -0.1) is 0 Å². The molecule has 16 heavy (non-hydrogen) atoms. The molecule has 1 aliphatic heterocycles. The van der Waals surface area contributed by atoms with E-state index in [-0.39, 0.29) is 11.6 Å². The van der Waals surface area contributed by atoms with Gasteiger partial charge in [-0.2, -0.15) is 0 Å². The van der Waals surface area contributed by atoms with Crippen molar-refractivity contribution in [3.63, 3.8) is 0 Å². The van der Waals surface area contributed by atoms with Crippen molar-refractivity contribution < 1.29 is 19.4 Å². The Morgan fingerprint density at radius 1 is 1.44 bits per heavy atom. The molecular weight excluding hydrogens is 210 g/mol. The fourth-order valence-corrected chi connectivity index (χ4v) is 1.75. The van der Waals surface area contributed by atoms with Crippen LogP contribution in [0.25, 0.3) is 0 Å². The number of hydrogen-bond acceptors (Lipinski definition) is 3. The van der Waals surface area contributed by atoms with E-state index in [0.29, 0.717) is 18.6 Å². The van der Waals surface area contributed by atoms with Gasteiger partial charge < -0.3 is 15.2 Å². The third kappa shape index (κ3) is 1.98. The van der Waals surface area contributed by atoms with E-state index < -0.39 is 12.1 Å². The molecule has 5 nitrogen and oxygen atoms in total. The number of alkyl carbamates (subject to hydrolysis) is 1. The topological polar surface area (TPSA) is 75.6 Å². The number of hydrogen-bond donors (Lipinski definition) is 2. The zero-order chi connectivity index (χ0) is 11.5. The average Bonchev–Trinajstić information content (AvgIpc) is 2.29. The van der Waals surface area contributed by atoms with Crippen LogP contribution in [-0.4, -0.2) is 23.8 Å². The summed E-state index contributed by atoms with van der Waals surface area (Å²) in [5.41, 5.74) is 0.835. The number of carboxylic acids is 1. The van der Waals surface area contributed by atoms with Crippen molar-refractivity contribution in [1.82, 2.24) is 5.32 Å². The third-order valence-electron chi connectivity index (χ3n) is 2.50. The Morgan fingerprint density at radius 2 is 2.19 bits per heavy atom. The van der Waals surface area contributed by atoms with E-state index in [2.05, 4.69) is 5.32 Å². The van der Waals surface area contributed by atoms with E-state index in [9.17, 15) is 9.59 Å². The molecule has 1 fully saturated rings. The number of carboxylic acid groups (broad SMARTS) is 1. The molecule has 5 heteroatoms. The largest absolute Gasteiger partial charge is 0.478 e. The molecule has 1 saturated heterocycles. The molecule has 0 spiro atoms. The SMILES string of the molecule is O=C1NC(c2ccccc2C(=O)O)CCO1. The van der Waals surface area contributed by atoms with Crippen LogP contribution in [0.4, 0.5) is 4.79 Å². The van der Waals surface area contributed by atoms with Crippen molar-refractivity contribution in [2.24, 2.45) is 0 Å². The Morgan fingerprint density at radius 3 is 2.88 bits per heavy atom. The Bertz CT molecular complexity index is 430. The molecule has 1 aromatic carbocycles. The number of nitrogens with one attached hydrogen (secondary N) is 1. The lowest BCUT2D eigenvalue weighted by molar-refractivity contribution is 0.0691. The van der Waals surface area contributed by atoms with Crippen molar-refractivity contribution >= 4 is 12.1 Å². The van der Waals surface area contributed by atoms with Gasteiger partial charge in [0.2, 0.25) is 0 Å². The minimum Gasteiger partial charge on any atom is -0.478 e. The van der Waals surface area contributed by atoms with Gasteiger partial charge in [-0.25, -0.2) is 9.59 Å². The quantitative estimate of drug-likeness (QED) is 0.794. The molecule has 0 radical (unpaired) electrons.